The summed E-state index contributed by atoms with van der Waals surface area (Å²) >= 11 is 0. The maximum atomic E-state index is 12.5. The second-order valence-corrected chi connectivity index (χ2v) is 21.1. The summed E-state index contributed by atoms with van der Waals surface area (Å²) in [5, 5.41) is 23.1. The van der Waals surface area contributed by atoms with Crippen molar-refractivity contribution in [2.24, 2.45) is 0 Å². The van der Waals surface area contributed by atoms with Crippen LogP contribution in [0.15, 0.2) is 36.5 Å². The Hall–Kier alpha value is -1.39. The Labute approximate surface area is 421 Å². The Morgan fingerprint density at radius 3 is 0.866 bits per heavy atom. The van der Waals surface area contributed by atoms with Crippen molar-refractivity contribution in [2.75, 3.05) is 6.61 Å². The number of amides is 1. The number of unbranched alkanes of at least 4 members (excludes halogenated alkanes) is 46. The number of nitrogens with one attached hydrogen (secondary N) is 1. The third-order valence-electron chi connectivity index (χ3n) is 14.4. The zero-order valence-corrected chi connectivity index (χ0v) is 45.7. The van der Waals surface area contributed by atoms with E-state index in [1.807, 2.05) is 6.08 Å². The first kappa shape index (κ1) is 65.6. The fourth-order valence-corrected chi connectivity index (χ4v) is 9.69. The molecular weight excluding hydrogens is 819 g/mol. The van der Waals surface area contributed by atoms with Crippen LogP contribution in [0.1, 0.15) is 341 Å². The van der Waals surface area contributed by atoms with E-state index in [-0.39, 0.29) is 12.5 Å². The van der Waals surface area contributed by atoms with Crippen LogP contribution in [0.2, 0.25) is 0 Å². The molecule has 1 amide bonds. The number of allylic oxidation sites excluding steroid dienone is 5. The van der Waals surface area contributed by atoms with Crippen molar-refractivity contribution in [2.45, 2.75) is 353 Å². The van der Waals surface area contributed by atoms with E-state index in [9.17, 15) is 15.0 Å². The SMILES string of the molecule is CCCCCCCCCCC/C=C/CC/C=C/CC/C=C/C(O)C(CO)NC(=O)CCCCCCCCCCCCCCCCCCCCCCCCCCCCCCCCCCCCCC. The molecule has 0 saturated carbocycles. The van der Waals surface area contributed by atoms with E-state index < -0.39 is 12.1 Å². The monoisotopic (exact) mass is 940 g/mol. The summed E-state index contributed by atoms with van der Waals surface area (Å²) < 4.78 is 0. The van der Waals surface area contributed by atoms with Crippen molar-refractivity contribution in [1.29, 1.82) is 0 Å². The van der Waals surface area contributed by atoms with Gasteiger partial charge < -0.3 is 15.5 Å². The van der Waals surface area contributed by atoms with Crippen molar-refractivity contribution < 1.29 is 15.0 Å². The molecule has 0 aliphatic heterocycles. The third kappa shape index (κ3) is 55.4. The molecule has 4 heteroatoms. The highest BCUT2D eigenvalue weighted by molar-refractivity contribution is 5.76. The maximum Gasteiger partial charge on any atom is 0.220 e. The van der Waals surface area contributed by atoms with Gasteiger partial charge in [0.15, 0.2) is 0 Å². The Morgan fingerprint density at radius 2 is 0.582 bits per heavy atom. The Balaban J connectivity index is 3.43. The molecule has 0 aromatic rings. The predicted octanol–water partition coefficient (Wildman–Crippen LogP) is 20.4. The molecule has 0 bridgehead atoms. The Morgan fingerprint density at radius 1 is 0.343 bits per heavy atom. The van der Waals surface area contributed by atoms with Crippen molar-refractivity contribution in [3.8, 4) is 0 Å². The third-order valence-corrected chi connectivity index (χ3v) is 14.4. The topological polar surface area (TPSA) is 69.6 Å². The summed E-state index contributed by atoms with van der Waals surface area (Å²) in [6, 6.07) is -0.644. The molecule has 0 aliphatic carbocycles. The van der Waals surface area contributed by atoms with Gasteiger partial charge in [-0.2, -0.15) is 0 Å². The van der Waals surface area contributed by atoms with Gasteiger partial charge in [0.1, 0.15) is 0 Å². The van der Waals surface area contributed by atoms with E-state index in [1.54, 1.807) is 6.08 Å². The van der Waals surface area contributed by atoms with Gasteiger partial charge in [0.2, 0.25) is 5.91 Å². The molecule has 0 radical (unpaired) electrons. The van der Waals surface area contributed by atoms with Crippen molar-refractivity contribution in [1.82, 2.24) is 5.32 Å². The number of hydrogen-bond acceptors (Lipinski definition) is 3. The first-order valence-corrected chi connectivity index (χ1v) is 30.7. The van der Waals surface area contributed by atoms with Gasteiger partial charge >= 0.3 is 0 Å². The quantitative estimate of drug-likeness (QED) is 0.0420. The normalized spacial score (nSPS) is 13.0. The lowest BCUT2D eigenvalue weighted by molar-refractivity contribution is -0.123. The minimum Gasteiger partial charge on any atom is -0.394 e. The fraction of sp³-hybridized carbons (Fsp3) is 0.889. The van der Waals surface area contributed by atoms with Gasteiger partial charge in [-0.15, -0.1) is 0 Å². The largest absolute Gasteiger partial charge is 0.394 e. The standard InChI is InChI=1S/C63H121NO3/c1-3-5-7-9-11-13-15-17-19-21-23-24-25-26-27-28-29-30-31-32-33-34-35-36-37-38-39-41-43-45-47-49-51-53-55-57-59-63(67)64-61(60-65)62(66)58-56-54-52-50-48-46-44-42-40-22-20-18-16-14-12-10-8-6-4-2/h40,42,48,50,56,58,61-62,65-66H,3-39,41,43-47,49,51-55,57,59-60H2,1-2H3,(H,64,67)/b42-40+,50-48+,58-56+. The van der Waals surface area contributed by atoms with Crippen LogP contribution >= 0.6 is 0 Å². The van der Waals surface area contributed by atoms with Gasteiger partial charge in [-0.05, 0) is 44.9 Å². The zero-order valence-electron chi connectivity index (χ0n) is 45.7. The molecule has 0 aromatic heterocycles. The number of carbonyl (C=O) groups excluding carboxylic acids is 1. The first-order valence-electron chi connectivity index (χ1n) is 30.7. The highest BCUT2D eigenvalue weighted by Crippen LogP contribution is 2.18. The number of rotatable bonds is 57. The van der Waals surface area contributed by atoms with E-state index in [0.717, 1.165) is 38.5 Å². The average Bonchev–Trinajstić information content (AvgIpc) is 3.33. The van der Waals surface area contributed by atoms with E-state index >= 15 is 0 Å². The number of aliphatic hydroxyl groups excluding tert-OH is 2. The molecule has 396 valence electrons. The van der Waals surface area contributed by atoms with Gasteiger partial charge in [-0.25, -0.2) is 0 Å². The molecule has 3 N–H and O–H groups in total. The smallest absolute Gasteiger partial charge is 0.220 e. The van der Waals surface area contributed by atoms with Crippen molar-refractivity contribution in [3.05, 3.63) is 36.5 Å². The average molecular weight is 941 g/mol. The van der Waals surface area contributed by atoms with Gasteiger partial charge in [-0.3, -0.25) is 4.79 Å². The minimum atomic E-state index is -0.869. The van der Waals surface area contributed by atoms with Crippen LogP contribution in [0.5, 0.6) is 0 Å². The lowest BCUT2D eigenvalue weighted by Crippen LogP contribution is -2.45. The first-order chi connectivity index (χ1) is 33.2. The molecule has 0 aliphatic rings. The molecule has 0 rings (SSSR count). The van der Waals surface area contributed by atoms with Crippen molar-refractivity contribution in [3.63, 3.8) is 0 Å². The van der Waals surface area contributed by atoms with E-state index in [4.69, 9.17) is 0 Å². The molecule has 0 heterocycles. The molecule has 0 fully saturated rings. The molecular formula is C63H121NO3. The molecule has 0 aromatic carbocycles. The van der Waals surface area contributed by atoms with Crippen LogP contribution in [0.3, 0.4) is 0 Å². The minimum absolute atomic E-state index is 0.0715. The van der Waals surface area contributed by atoms with Gasteiger partial charge in [0.25, 0.3) is 0 Å². The lowest BCUT2D eigenvalue weighted by atomic mass is 10.0. The predicted molar refractivity (Wildman–Crippen MR) is 299 cm³/mol. The van der Waals surface area contributed by atoms with Gasteiger partial charge in [0, 0.05) is 6.42 Å². The highest BCUT2D eigenvalue weighted by atomic mass is 16.3. The van der Waals surface area contributed by atoms with Crippen LogP contribution in [0.25, 0.3) is 0 Å². The lowest BCUT2D eigenvalue weighted by Gasteiger charge is -2.19. The van der Waals surface area contributed by atoms with Gasteiger partial charge in [-0.1, -0.05) is 326 Å². The Kier molecular flexibility index (Phi) is 57.7. The molecule has 2 atom stereocenters. The molecule has 2 unspecified atom stereocenters. The molecule has 0 saturated heterocycles. The fourth-order valence-electron chi connectivity index (χ4n) is 9.69. The number of carbonyl (C=O) groups is 1. The summed E-state index contributed by atoms with van der Waals surface area (Å²) in [5.74, 6) is -0.0715. The van der Waals surface area contributed by atoms with Crippen LogP contribution in [0, 0.1) is 0 Å². The van der Waals surface area contributed by atoms with E-state index in [1.165, 1.54) is 283 Å². The van der Waals surface area contributed by atoms with Crippen LogP contribution < -0.4 is 5.32 Å². The van der Waals surface area contributed by atoms with Crippen molar-refractivity contribution >= 4 is 5.91 Å². The summed E-state index contributed by atoms with van der Waals surface area (Å²) in [7, 11) is 0. The molecule has 0 spiro atoms. The molecule has 4 nitrogen and oxygen atoms in total. The molecule has 67 heavy (non-hydrogen) atoms. The summed E-state index contributed by atoms with van der Waals surface area (Å²) in [6.45, 7) is 4.33. The van der Waals surface area contributed by atoms with Crippen LogP contribution in [0.4, 0.5) is 0 Å². The zero-order chi connectivity index (χ0) is 48.5. The van der Waals surface area contributed by atoms with Gasteiger partial charge in [0.05, 0.1) is 18.8 Å². The maximum absolute atomic E-state index is 12.5. The second kappa shape index (κ2) is 58.9. The Bertz CT molecular complexity index is 1020. The summed E-state index contributed by atoms with van der Waals surface area (Å²) in [5.41, 5.74) is 0. The highest BCUT2D eigenvalue weighted by Gasteiger charge is 2.18. The summed E-state index contributed by atoms with van der Waals surface area (Å²) in [4.78, 5) is 12.5. The number of hydrogen-bond donors (Lipinski definition) is 3. The van der Waals surface area contributed by atoms with E-state index in [2.05, 4.69) is 43.5 Å². The van der Waals surface area contributed by atoms with E-state index in [0.29, 0.717) is 6.42 Å². The number of aliphatic hydroxyl groups is 2. The van der Waals surface area contributed by atoms with Crippen LogP contribution in [-0.4, -0.2) is 34.9 Å². The summed E-state index contributed by atoms with van der Waals surface area (Å²) in [6.07, 6.45) is 80.6. The van der Waals surface area contributed by atoms with Crippen LogP contribution in [-0.2, 0) is 4.79 Å². The second-order valence-electron chi connectivity index (χ2n) is 21.1.